The Labute approximate surface area is 347 Å². The van der Waals surface area contributed by atoms with Gasteiger partial charge in [-0.15, -0.1) is 11.3 Å². The number of rotatable bonds is 6. The van der Waals surface area contributed by atoms with Crippen LogP contribution in [-0.2, 0) is 5.41 Å². The van der Waals surface area contributed by atoms with Gasteiger partial charge in [0.2, 0.25) is 0 Å². The van der Waals surface area contributed by atoms with Crippen molar-refractivity contribution in [2.24, 2.45) is 0 Å². The third kappa shape index (κ3) is 5.54. The van der Waals surface area contributed by atoms with Crippen molar-refractivity contribution in [2.75, 3.05) is 4.90 Å². The lowest BCUT2D eigenvalue weighted by Gasteiger charge is -2.47. The molecule has 59 heavy (non-hydrogen) atoms. The van der Waals surface area contributed by atoms with Crippen LogP contribution in [0.1, 0.15) is 33.4 Å². The van der Waals surface area contributed by atoms with Gasteiger partial charge in [0, 0.05) is 42.6 Å². The zero-order valence-electron chi connectivity index (χ0n) is 32.7. The van der Waals surface area contributed by atoms with E-state index in [1.165, 1.54) is 42.4 Å². The van der Waals surface area contributed by atoms with Crippen molar-refractivity contribution in [1.29, 1.82) is 0 Å². The molecule has 1 aliphatic heterocycles. The molecular weight excluding hydrogens is 737 g/mol. The quantitative estimate of drug-likeness (QED) is 0.169. The summed E-state index contributed by atoms with van der Waals surface area (Å²) in [6.45, 7) is 4.38. The zero-order chi connectivity index (χ0) is 39.5. The van der Waals surface area contributed by atoms with E-state index in [2.05, 4.69) is 176 Å². The molecule has 0 atom stereocenters. The molecule has 2 aromatic heterocycles. The van der Waals surface area contributed by atoms with Crippen molar-refractivity contribution in [3.63, 3.8) is 0 Å². The second kappa shape index (κ2) is 14.0. The molecule has 5 heteroatoms. The molecule has 0 bridgehead atoms. The summed E-state index contributed by atoms with van der Waals surface area (Å²) in [4.78, 5) is 17.6. The van der Waals surface area contributed by atoms with E-state index in [1.54, 1.807) is 0 Å². The van der Waals surface area contributed by atoms with Gasteiger partial charge in [0.05, 0.1) is 16.8 Å². The molecule has 0 spiro atoms. The summed E-state index contributed by atoms with van der Waals surface area (Å²) >= 11 is 1.89. The maximum Gasteiger partial charge on any atom is 0.164 e. The lowest BCUT2D eigenvalue weighted by Crippen LogP contribution is -2.38. The summed E-state index contributed by atoms with van der Waals surface area (Å²) in [5, 5.41) is 2.59. The Morgan fingerprint density at radius 1 is 0.424 bits per heavy atom. The third-order valence-electron chi connectivity index (χ3n) is 11.8. The van der Waals surface area contributed by atoms with Crippen molar-refractivity contribution < 1.29 is 0 Å². The van der Waals surface area contributed by atoms with Crippen molar-refractivity contribution in [3.8, 4) is 34.2 Å². The summed E-state index contributed by atoms with van der Waals surface area (Å²) in [5.74, 6) is 1.96. The zero-order valence-corrected chi connectivity index (χ0v) is 33.5. The molecule has 0 radical (unpaired) electrons. The van der Waals surface area contributed by atoms with Crippen LogP contribution in [0.25, 0.3) is 54.3 Å². The second-order valence-corrected chi connectivity index (χ2v) is 16.3. The topological polar surface area (TPSA) is 41.9 Å². The fourth-order valence-electron chi connectivity index (χ4n) is 9.20. The summed E-state index contributed by atoms with van der Waals surface area (Å²) in [6, 6.07) is 69.7. The largest absolute Gasteiger partial charge is 0.310 e. The van der Waals surface area contributed by atoms with Crippen LogP contribution in [0.4, 0.5) is 17.1 Å². The van der Waals surface area contributed by atoms with Crippen molar-refractivity contribution in [1.82, 2.24) is 15.0 Å². The van der Waals surface area contributed by atoms with Gasteiger partial charge in [-0.1, -0.05) is 164 Å². The van der Waals surface area contributed by atoms with Crippen molar-refractivity contribution in [3.05, 3.63) is 228 Å². The van der Waals surface area contributed by atoms with Crippen LogP contribution in [-0.4, -0.2) is 15.0 Å². The average molecular weight is 775 g/mol. The highest BCUT2D eigenvalue weighted by Gasteiger charge is 2.47. The minimum absolute atomic E-state index is 0.596. The average Bonchev–Trinajstić information content (AvgIpc) is 3.69. The van der Waals surface area contributed by atoms with Gasteiger partial charge in [-0.05, 0) is 77.6 Å². The van der Waals surface area contributed by atoms with E-state index in [1.807, 2.05) is 47.7 Å². The van der Waals surface area contributed by atoms with Crippen LogP contribution in [0, 0.1) is 13.8 Å². The van der Waals surface area contributed by atoms with E-state index in [4.69, 9.17) is 15.0 Å². The molecule has 280 valence electrons. The lowest BCUT2D eigenvalue weighted by molar-refractivity contribution is 0.739. The predicted molar refractivity (Wildman–Crippen MR) is 245 cm³/mol. The molecule has 0 fully saturated rings. The number of fused-ring (bicyclic) bond motifs is 5. The van der Waals surface area contributed by atoms with E-state index in [0.717, 1.165) is 44.9 Å². The number of anilines is 3. The van der Waals surface area contributed by atoms with Crippen molar-refractivity contribution >= 4 is 48.6 Å². The van der Waals surface area contributed by atoms with Gasteiger partial charge in [-0.2, -0.15) is 0 Å². The monoisotopic (exact) mass is 774 g/mol. The number of aryl methyl sites for hydroxylation is 2. The van der Waals surface area contributed by atoms with E-state index in [-0.39, 0.29) is 0 Å². The number of aromatic nitrogens is 3. The molecule has 0 saturated heterocycles. The van der Waals surface area contributed by atoms with E-state index in [0.29, 0.717) is 17.5 Å². The highest BCUT2D eigenvalue weighted by atomic mass is 32.1. The molecular formula is C54H38N4S. The Morgan fingerprint density at radius 2 is 0.932 bits per heavy atom. The van der Waals surface area contributed by atoms with Gasteiger partial charge in [-0.25, -0.2) is 15.0 Å². The predicted octanol–water partition coefficient (Wildman–Crippen LogP) is 14.0. The fourth-order valence-corrected chi connectivity index (χ4v) is 10.5. The van der Waals surface area contributed by atoms with Gasteiger partial charge in [-0.3, -0.25) is 0 Å². The minimum Gasteiger partial charge on any atom is -0.310 e. The van der Waals surface area contributed by atoms with Crippen LogP contribution < -0.4 is 4.90 Å². The highest BCUT2D eigenvalue weighted by Crippen LogP contribution is 2.59. The van der Waals surface area contributed by atoms with Crippen LogP contribution >= 0.6 is 11.3 Å². The van der Waals surface area contributed by atoms with Gasteiger partial charge >= 0.3 is 0 Å². The third-order valence-corrected chi connectivity index (χ3v) is 13.1. The Bertz CT molecular complexity index is 3090. The molecule has 11 rings (SSSR count). The van der Waals surface area contributed by atoms with Gasteiger partial charge in [0.25, 0.3) is 0 Å². The maximum atomic E-state index is 5.11. The first-order chi connectivity index (χ1) is 29.1. The number of thiophene rings is 1. The standard InChI is InChI=1S/C54H38N4S/c1-35-34-48(36(2)33-42(35)53-56-51(37-19-6-3-7-20-37)55-52(57-53)38-21-8-4-9-22-38)58-46-30-15-13-27-43(46)54(39-23-10-5-11-24-39,44-28-14-16-31-47(44)58)45-29-18-26-41-40-25-12-17-32-49(40)59-50(41)45/h3-34H,1-2H3. The molecule has 1 aliphatic rings. The SMILES string of the molecule is Cc1cc(N2c3ccccc3C(c3ccccc3)(c3cccc4c3sc3ccccc34)c3ccccc32)c(C)cc1-c1nc(-c2ccccc2)nc(-c2ccccc2)n1. The maximum absolute atomic E-state index is 5.11. The van der Waals surface area contributed by atoms with E-state index < -0.39 is 5.41 Å². The molecule has 0 saturated carbocycles. The Hall–Kier alpha value is -7.21. The number of hydrogen-bond acceptors (Lipinski definition) is 5. The Kier molecular flexibility index (Phi) is 8.31. The number of benzene rings is 8. The van der Waals surface area contributed by atoms with Crippen molar-refractivity contribution in [2.45, 2.75) is 19.3 Å². The van der Waals surface area contributed by atoms with Gasteiger partial charge in [0.15, 0.2) is 17.5 Å². The number of hydrogen-bond donors (Lipinski definition) is 0. The Morgan fingerprint density at radius 3 is 1.58 bits per heavy atom. The first kappa shape index (κ1) is 35.0. The summed E-state index contributed by atoms with van der Waals surface area (Å²) < 4.78 is 2.61. The molecule has 8 aromatic carbocycles. The Balaban J connectivity index is 1.14. The molecule has 0 aliphatic carbocycles. The summed E-state index contributed by atoms with van der Waals surface area (Å²) in [7, 11) is 0. The smallest absolute Gasteiger partial charge is 0.164 e. The second-order valence-electron chi connectivity index (χ2n) is 15.3. The first-order valence-corrected chi connectivity index (χ1v) is 20.9. The van der Waals surface area contributed by atoms with Gasteiger partial charge < -0.3 is 4.90 Å². The molecule has 3 heterocycles. The van der Waals surface area contributed by atoms with Crippen LogP contribution in [0.3, 0.4) is 0 Å². The summed E-state index contributed by atoms with van der Waals surface area (Å²) in [6.07, 6.45) is 0. The number of para-hydroxylation sites is 2. The molecule has 10 aromatic rings. The molecule has 0 unspecified atom stereocenters. The minimum atomic E-state index is -0.596. The van der Waals surface area contributed by atoms with Gasteiger partial charge in [0.1, 0.15) is 0 Å². The van der Waals surface area contributed by atoms with E-state index >= 15 is 0 Å². The summed E-state index contributed by atoms with van der Waals surface area (Å²) in [5.41, 5.74) is 12.9. The van der Waals surface area contributed by atoms with Crippen LogP contribution in [0.15, 0.2) is 194 Å². The molecule has 0 N–H and O–H groups in total. The number of nitrogens with zero attached hydrogens (tertiary/aromatic N) is 4. The highest BCUT2D eigenvalue weighted by molar-refractivity contribution is 7.26. The van der Waals surface area contributed by atoms with Crippen LogP contribution in [0.2, 0.25) is 0 Å². The van der Waals surface area contributed by atoms with E-state index in [9.17, 15) is 0 Å². The first-order valence-electron chi connectivity index (χ1n) is 20.0. The normalized spacial score (nSPS) is 13.0. The fraction of sp³-hybridized carbons (Fsp3) is 0.0556. The molecule has 0 amide bonds. The lowest BCUT2D eigenvalue weighted by atomic mass is 9.62. The van der Waals surface area contributed by atoms with Crippen LogP contribution in [0.5, 0.6) is 0 Å². The molecule has 4 nitrogen and oxygen atoms in total.